The molecule has 0 bridgehead atoms. The lowest BCUT2D eigenvalue weighted by atomic mass is 9.96. The van der Waals surface area contributed by atoms with Crippen molar-refractivity contribution in [3.05, 3.63) is 64.8 Å². The lowest BCUT2D eigenvalue weighted by Gasteiger charge is -2.34. The number of hydrogen-bond donors (Lipinski definition) is 3. The van der Waals surface area contributed by atoms with Gasteiger partial charge in [0.15, 0.2) is 5.76 Å². The van der Waals surface area contributed by atoms with Crippen LogP contribution in [-0.4, -0.2) is 43.0 Å². The van der Waals surface area contributed by atoms with Crippen molar-refractivity contribution in [2.75, 3.05) is 0 Å². The van der Waals surface area contributed by atoms with Gasteiger partial charge in [0.25, 0.3) is 40.7 Å². The molecule has 1 atom stereocenters. The van der Waals surface area contributed by atoms with Crippen LogP contribution in [0.25, 0.3) is 6.08 Å². The quantitative estimate of drug-likeness (QED) is 0.401. The first kappa shape index (κ1) is 22.7. The molecular weight excluding hydrogens is 450 g/mol. The number of nitriles is 1. The maximum Gasteiger partial charge on any atom is 0.298 e. The summed E-state index contributed by atoms with van der Waals surface area (Å²) in [6.45, 7) is 0. The highest BCUT2D eigenvalue weighted by Crippen LogP contribution is 2.46. The van der Waals surface area contributed by atoms with Gasteiger partial charge in [0.2, 0.25) is 0 Å². The first-order valence-electron chi connectivity index (χ1n) is 7.40. The molecule has 1 aromatic carbocycles. The highest BCUT2D eigenvalue weighted by molar-refractivity contribution is 8.05. The third kappa shape index (κ3) is 4.10. The number of hydrogen-bond acceptors (Lipinski definition) is 8. The molecule has 0 fully saturated rings. The third-order valence-electron chi connectivity index (χ3n) is 3.92. The Labute approximate surface area is 166 Å². The molecule has 3 N–H and O–H groups in total. The van der Waals surface area contributed by atoms with E-state index in [1.807, 2.05) is 0 Å². The summed E-state index contributed by atoms with van der Waals surface area (Å²) in [6.07, 6.45) is 4.31. The van der Waals surface area contributed by atoms with Crippen LogP contribution in [0.5, 0.6) is 0 Å². The smallest absolute Gasteiger partial charge is 0.298 e. The van der Waals surface area contributed by atoms with Gasteiger partial charge in [0, 0.05) is 5.92 Å². The van der Waals surface area contributed by atoms with Crippen molar-refractivity contribution in [3.8, 4) is 6.26 Å². The second kappa shape index (κ2) is 7.71. The van der Waals surface area contributed by atoms with Gasteiger partial charge in [-0.15, -0.1) is 5.26 Å². The van der Waals surface area contributed by atoms with Crippen molar-refractivity contribution in [2.24, 2.45) is 5.92 Å². The molecule has 0 aromatic heterocycles. The van der Waals surface area contributed by atoms with E-state index >= 15 is 0 Å². The van der Waals surface area contributed by atoms with Crippen LogP contribution in [0.2, 0.25) is 0 Å². The average Bonchev–Trinajstić information content (AvgIpc) is 2.57. The highest BCUT2D eigenvalue weighted by atomic mass is 32.3. The molecule has 1 unspecified atom stereocenters. The zero-order valence-corrected chi connectivity index (χ0v) is 16.6. The van der Waals surface area contributed by atoms with Gasteiger partial charge in [-0.25, -0.2) is 0 Å². The van der Waals surface area contributed by atoms with Crippen molar-refractivity contribution in [1.29, 1.82) is 5.26 Å². The predicted octanol–water partition coefficient (Wildman–Crippen LogP) is 0.955. The van der Waals surface area contributed by atoms with Crippen LogP contribution in [0.4, 0.5) is 0 Å². The molecule has 1 aromatic rings. The molecule has 11 nitrogen and oxygen atoms in total. The Kier molecular flexibility index (Phi) is 6.04. The summed E-state index contributed by atoms with van der Waals surface area (Å²) >= 11 is 0. The first-order chi connectivity index (χ1) is 13.3. The van der Waals surface area contributed by atoms with Gasteiger partial charge in [-0.05, 0) is 11.6 Å². The maximum atomic E-state index is 12.2. The summed E-state index contributed by atoms with van der Waals surface area (Å²) in [6, 6.07) is 7.99. The number of ether oxygens (including phenoxy) is 1. The zero-order valence-electron chi connectivity index (χ0n) is 14.1. The van der Waals surface area contributed by atoms with Crippen molar-refractivity contribution in [2.45, 2.75) is 4.08 Å². The van der Waals surface area contributed by atoms with Gasteiger partial charge in [0.1, 0.15) is 4.91 Å². The zero-order chi connectivity index (χ0) is 22.1. The molecule has 0 radical (unpaired) electrons. The molecule has 0 saturated carbocycles. The molecule has 0 amide bonds. The van der Waals surface area contributed by atoms with E-state index in [9.17, 15) is 38.9 Å². The van der Waals surface area contributed by atoms with Crippen LogP contribution < -0.4 is 0 Å². The van der Waals surface area contributed by atoms with Crippen molar-refractivity contribution < 1.29 is 43.6 Å². The molecule has 1 aliphatic rings. The van der Waals surface area contributed by atoms with Gasteiger partial charge in [-0.3, -0.25) is 13.7 Å². The normalized spacial score (nSPS) is 19.9. The van der Waals surface area contributed by atoms with Crippen molar-refractivity contribution in [3.63, 3.8) is 0 Å². The fraction of sp³-hybridized carbons (Fsp3) is 0.133. The first-order valence-corrected chi connectivity index (χ1v) is 11.7. The Morgan fingerprint density at radius 1 is 1.00 bits per heavy atom. The molecule has 1 aliphatic carbocycles. The molecule has 0 aliphatic heterocycles. The lowest BCUT2D eigenvalue weighted by Crippen LogP contribution is -2.54. The number of nitrogens with zero attached hydrogens (tertiary/aromatic N) is 1. The molecule has 156 valence electrons. The fourth-order valence-electron chi connectivity index (χ4n) is 2.77. The van der Waals surface area contributed by atoms with Crippen LogP contribution in [0, 0.1) is 17.4 Å². The molecule has 0 spiro atoms. The molecule has 2 rings (SSSR count). The Balaban J connectivity index is 2.94. The average molecular weight is 463 g/mol. The van der Waals surface area contributed by atoms with E-state index in [-0.39, 0.29) is 0 Å². The number of benzene rings is 1. The third-order valence-corrected chi connectivity index (χ3v) is 8.51. The van der Waals surface area contributed by atoms with Crippen LogP contribution in [0.15, 0.2) is 59.2 Å². The monoisotopic (exact) mass is 463 g/mol. The van der Waals surface area contributed by atoms with Crippen LogP contribution in [0.3, 0.4) is 0 Å². The summed E-state index contributed by atoms with van der Waals surface area (Å²) in [5.41, 5.74) is 0.452. The summed E-state index contributed by atoms with van der Waals surface area (Å²) in [5, 5.41) is 8.78. The molecule has 14 heteroatoms. The van der Waals surface area contributed by atoms with E-state index in [0.717, 1.165) is 12.3 Å². The van der Waals surface area contributed by atoms with E-state index in [2.05, 4.69) is 4.74 Å². The van der Waals surface area contributed by atoms with Crippen LogP contribution in [0.1, 0.15) is 5.56 Å². The van der Waals surface area contributed by atoms with Crippen LogP contribution >= 0.6 is 0 Å². The molecule has 29 heavy (non-hydrogen) atoms. The SMILES string of the molecule is N#COC1=C(S(=O)(=O)O)C=CC(C=Cc2ccccc2)C1(S(=O)(=O)O)S(=O)(=O)O. The minimum atomic E-state index is -5.91. The maximum absolute atomic E-state index is 12.2. The minimum absolute atomic E-state index is 0.452. The topological polar surface area (TPSA) is 196 Å². The van der Waals surface area contributed by atoms with Gasteiger partial charge < -0.3 is 4.74 Å². The van der Waals surface area contributed by atoms with Gasteiger partial charge in [-0.2, -0.15) is 25.3 Å². The predicted molar refractivity (Wildman–Crippen MR) is 99.2 cm³/mol. The highest BCUT2D eigenvalue weighted by Gasteiger charge is 2.66. The van der Waals surface area contributed by atoms with Gasteiger partial charge in [-0.1, -0.05) is 48.6 Å². The van der Waals surface area contributed by atoms with E-state index in [1.165, 1.54) is 6.08 Å². The lowest BCUT2D eigenvalue weighted by molar-refractivity contribution is 0.306. The molecule has 0 saturated heterocycles. The minimum Gasteiger partial charge on any atom is -0.388 e. The van der Waals surface area contributed by atoms with Gasteiger partial charge >= 0.3 is 0 Å². The summed E-state index contributed by atoms with van der Waals surface area (Å²) in [7, 11) is -17.2. The van der Waals surface area contributed by atoms with Crippen molar-refractivity contribution >= 4 is 36.4 Å². The molecular formula is C15H13NO10S3. The Bertz CT molecular complexity index is 1220. The summed E-state index contributed by atoms with van der Waals surface area (Å²) in [4.78, 5) is -1.45. The summed E-state index contributed by atoms with van der Waals surface area (Å²) in [5.74, 6) is -3.65. The van der Waals surface area contributed by atoms with Gasteiger partial charge in [0.05, 0.1) is 0 Å². The summed E-state index contributed by atoms with van der Waals surface area (Å²) < 4.78 is 101. The van der Waals surface area contributed by atoms with Crippen molar-refractivity contribution in [1.82, 2.24) is 0 Å². The number of rotatable bonds is 6. The number of allylic oxidation sites excluding steroid dienone is 3. The standard InChI is InChI=1S/C15H13NO10S3/c16-10-26-14-13(27(17,18)19)9-8-12(7-6-11-4-2-1-3-5-11)15(14,28(20,21)22)29(23,24)25/h1-9,12H,(H,17,18,19)(H,20,21,22)(H,23,24,25). The van der Waals surface area contributed by atoms with E-state index < -0.39 is 51.0 Å². The van der Waals surface area contributed by atoms with E-state index in [4.69, 9.17) is 5.26 Å². The molecule has 0 heterocycles. The second-order valence-corrected chi connectivity index (χ2v) is 10.5. The fourth-order valence-corrected chi connectivity index (χ4v) is 6.42. The van der Waals surface area contributed by atoms with E-state index in [0.29, 0.717) is 17.7 Å². The Hall–Kier alpha value is -2.54. The van der Waals surface area contributed by atoms with E-state index in [1.54, 1.807) is 30.3 Å². The Morgan fingerprint density at radius 2 is 1.55 bits per heavy atom. The second-order valence-electron chi connectivity index (χ2n) is 5.63. The largest absolute Gasteiger partial charge is 0.388 e. The Morgan fingerprint density at radius 3 is 2.00 bits per heavy atom. The van der Waals surface area contributed by atoms with Crippen LogP contribution in [-0.2, 0) is 35.1 Å².